The van der Waals surface area contributed by atoms with E-state index in [1.807, 2.05) is 13.8 Å². The van der Waals surface area contributed by atoms with Crippen LogP contribution in [0.3, 0.4) is 0 Å². The Bertz CT molecular complexity index is 98.0. The van der Waals surface area contributed by atoms with E-state index in [1.165, 1.54) is 0 Å². The van der Waals surface area contributed by atoms with E-state index in [4.69, 9.17) is 4.74 Å². The third-order valence-corrected chi connectivity index (χ3v) is 2.19. The first-order valence-corrected chi connectivity index (χ1v) is 4.91. The molecule has 0 bridgehead atoms. The SMILES string of the molecule is CCC(CC)C(O)COC(C)C. The van der Waals surface area contributed by atoms with Gasteiger partial charge < -0.3 is 9.84 Å². The molecular weight excluding hydrogens is 152 g/mol. The van der Waals surface area contributed by atoms with Gasteiger partial charge in [-0.25, -0.2) is 0 Å². The van der Waals surface area contributed by atoms with Gasteiger partial charge in [-0.2, -0.15) is 0 Å². The van der Waals surface area contributed by atoms with Gasteiger partial charge in [0, 0.05) is 0 Å². The fourth-order valence-corrected chi connectivity index (χ4v) is 1.26. The van der Waals surface area contributed by atoms with Crippen molar-refractivity contribution in [2.24, 2.45) is 5.92 Å². The molecule has 1 atom stereocenters. The summed E-state index contributed by atoms with van der Waals surface area (Å²) >= 11 is 0. The zero-order valence-electron chi connectivity index (χ0n) is 8.71. The van der Waals surface area contributed by atoms with Crippen LogP contribution in [0.25, 0.3) is 0 Å². The van der Waals surface area contributed by atoms with Gasteiger partial charge in [0.25, 0.3) is 0 Å². The molecule has 2 nitrogen and oxygen atoms in total. The van der Waals surface area contributed by atoms with Crippen molar-refractivity contribution in [3.05, 3.63) is 0 Å². The predicted octanol–water partition coefficient (Wildman–Crippen LogP) is 2.21. The molecule has 12 heavy (non-hydrogen) atoms. The van der Waals surface area contributed by atoms with Crippen LogP contribution in [0.4, 0.5) is 0 Å². The standard InChI is InChI=1S/C10H22O2/c1-5-9(6-2)10(11)7-12-8(3)4/h8-11H,5-7H2,1-4H3. The molecule has 0 spiro atoms. The Balaban J connectivity index is 3.61. The third kappa shape index (κ3) is 4.73. The summed E-state index contributed by atoms with van der Waals surface area (Å²) in [5.74, 6) is 0.392. The maximum absolute atomic E-state index is 9.63. The van der Waals surface area contributed by atoms with Gasteiger partial charge in [0.05, 0.1) is 18.8 Å². The monoisotopic (exact) mass is 174 g/mol. The van der Waals surface area contributed by atoms with Crippen molar-refractivity contribution in [1.29, 1.82) is 0 Å². The summed E-state index contributed by atoms with van der Waals surface area (Å²) in [5.41, 5.74) is 0. The van der Waals surface area contributed by atoms with Crippen LogP contribution in [0.5, 0.6) is 0 Å². The summed E-state index contributed by atoms with van der Waals surface area (Å²) in [6.45, 7) is 8.66. The van der Waals surface area contributed by atoms with Crippen molar-refractivity contribution in [3.8, 4) is 0 Å². The fraction of sp³-hybridized carbons (Fsp3) is 1.00. The molecule has 1 N–H and O–H groups in total. The van der Waals surface area contributed by atoms with E-state index in [9.17, 15) is 5.11 Å². The lowest BCUT2D eigenvalue weighted by Gasteiger charge is -2.20. The van der Waals surface area contributed by atoms with Gasteiger partial charge in [-0.15, -0.1) is 0 Å². The predicted molar refractivity (Wildman–Crippen MR) is 51.2 cm³/mol. The van der Waals surface area contributed by atoms with E-state index in [-0.39, 0.29) is 12.2 Å². The first kappa shape index (κ1) is 11.9. The highest BCUT2D eigenvalue weighted by Gasteiger charge is 2.15. The van der Waals surface area contributed by atoms with Crippen LogP contribution in [-0.2, 0) is 4.74 Å². The molecule has 0 aliphatic rings. The van der Waals surface area contributed by atoms with E-state index >= 15 is 0 Å². The lowest BCUT2D eigenvalue weighted by molar-refractivity contribution is -0.0209. The highest BCUT2D eigenvalue weighted by Crippen LogP contribution is 2.13. The maximum Gasteiger partial charge on any atom is 0.0801 e. The number of aliphatic hydroxyl groups is 1. The lowest BCUT2D eigenvalue weighted by Crippen LogP contribution is -2.26. The Hall–Kier alpha value is -0.0800. The molecule has 0 radical (unpaired) electrons. The van der Waals surface area contributed by atoms with Crippen LogP contribution in [0.1, 0.15) is 40.5 Å². The number of rotatable bonds is 6. The molecule has 74 valence electrons. The molecule has 0 rings (SSSR count). The van der Waals surface area contributed by atoms with Crippen LogP contribution in [0.15, 0.2) is 0 Å². The Morgan fingerprint density at radius 1 is 1.17 bits per heavy atom. The van der Waals surface area contributed by atoms with E-state index in [1.54, 1.807) is 0 Å². The number of aliphatic hydroxyl groups excluding tert-OH is 1. The van der Waals surface area contributed by atoms with Gasteiger partial charge in [0.15, 0.2) is 0 Å². The summed E-state index contributed by atoms with van der Waals surface area (Å²) in [6.07, 6.45) is 1.98. The van der Waals surface area contributed by atoms with E-state index in [0.717, 1.165) is 12.8 Å². The zero-order chi connectivity index (χ0) is 9.56. The molecule has 0 saturated carbocycles. The molecule has 1 unspecified atom stereocenters. The van der Waals surface area contributed by atoms with Crippen molar-refractivity contribution in [1.82, 2.24) is 0 Å². The molecule has 0 fully saturated rings. The second-order valence-electron chi connectivity index (χ2n) is 3.53. The Morgan fingerprint density at radius 3 is 2.00 bits per heavy atom. The molecule has 2 heteroatoms. The van der Waals surface area contributed by atoms with Gasteiger partial charge in [-0.3, -0.25) is 0 Å². The third-order valence-electron chi connectivity index (χ3n) is 2.19. The smallest absolute Gasteiger partial charge is 0.0801 e. The van der Waals surface area contributed by atoms with Crippen molar-refractivity contribution in [2.45, 2.75) is 52.7 Å². The quantitative estimate of drug-likeness (QED) is 0.669. The minimum Gasteiger partial charge on any atom is -0.390 e. The average Bonchev–Trinajstić information content (AvgIpc) is 2.03. The van der Waals surface area contributed by atoms with Crippen LogP contribution in [-0.4, -0.2) is 23.9 Å². The minimum absolute atomic E-state index is 0.217. The summed E-state index contributed by atoms with van der Waals surface area (Å²) in [7, 11) is 0. The Morgan fingerprint density at radius 2 is 1.67 bits per heavy atom. The minimum atomic E-state index is -0.289. The maximum atomic E-state index is 9.63. The van der Waals surface area contributed by atoms with Gasteiger partial charge in [-0.1, -0.05) is 26.7 Å². The first-order valence-electron chi connectivity index (χ1n) is 4.91. The van der Waals surface area contributed by atoms with Crippen molar-refractivity contribution >= 4 is 0 Å². The second-order valence-corrected chi connectivity index (χ2v) is 3.53. The summed E-state index contributed by atoms with van der Waals surface area (Å²) in [4.78, 5) is 0. The average molecular weight is 174 g/mol. The fourth-order valence-electron chi connectivity index (χ4n) is 1.26. The van der Waals surface area contributed by atoms with Gasteiger partial charge in [0.2, 0.25) is 0 Å². The molecular formula is C10H22O2. The number of hydrogen-bond acceptors (Lipinski definition) is 2. The van der Waals surface area contributed by atoms with Crippen LogP contribution in [0, 0.1) is 5.92 Å². The highest BCUT2D eigenvalue weighted by atomic mass is 16.5. The van der Waals surface area contributed by atoms with E-state index in [0.29, 0.717) is 12.5 Å². The largest absolute Gasteiger partial charge is 0.390 e. The highest BCUT2D eigenvalue weighted by molar-refractivity contribution is 4.65. The molecule has 0 heterocycles. The topological polar surface area (TPSA) is 29.5 Å². The molecule has 0 aliphatic carbocycles. The Labute approximate surface area is 75.9 Å². The lowest BCUT2D eigenvalue weighted by atomic mass is 9.97. The second kappa shape index (κ2) is 6.44. The molecule has 0 aromatic carbocycles. The van der Waals surface area contributed by atoms with Gasteiger partial charge in [0.1, 0.15) is 0 Å². The Kier molecular flexibility index (Phi) is 6.39. The van der Waals surface area contributed by atoms with Crippen LogP contribution in [0.2, 0.25) is 0 Å². The van der Waals surface area contributed by atoms with Gasteiger partial charge >= 0.3 is 0 Å². The number of ether oxygens (including phenoxy) is 1. The van der Waals surface area contributed by atoms with Gasteiger partial charge in [-0.05, 0) is 19.8 Å². The summed E-state index contributed by atoms with van der Waals surface area (Å²) in [6, 6.07) is 0. The molecule has 0 amide bonds. The van der Waals surface area contributed by atoms with Crippen LogP contribution < -0.4 is 0 Å². The van der Waals surface area contributed by atoms with Crippen LogP contribution >= 0.6 is 0 Å². The van der Waals surface area contributed by atoms with Crippen molar-refractivity contribution in [3.63, 3.8) is 0 Å². The van der Waals surface area contributed by atoms with Crippen molar-refractivity contribution < 1.29 is 9.84 Å². The summed E-state index contributed by atoms with van der Waals surface area (Å²) in [5, 5.41) is 9.63. The molecule has 0 saturated heterocycles. The first-order chi connectivity index (χ1) is 5.61. The molecule has 0 aliphatic heterocycles. The van der Waals surface area contributed by atoms with E-state index < -0.39 is 0 Å². The molecule has 0 aromatic heterocycles. The number of hydrogen-bond donors (Lipinski definition) is 1. The molecule has 0 aromatic rings. The van der Waals surface area contributed by atoms with E-state index in [2.05, 4.69) is 13.8 Å². The summed E-state index contributed by atoms with van der Waals surface area (Å²) < 4.78 is 5.34. The normalized spacial score (nSPS) is 14.2. The van der Waals surface area contributed by atoms with Crippen molar-refractivity contribution in [2.75, 3.05) is 6.61 Å². The zero-order valence-corrected chi connectivity index (χ0v) is 8.71.